The van der Waals surface area contributed by atoms with Crippen LogP contribution in [-0.4, -0.2) is 22.8 Å². The quantitative estimate of drug-likeness (QED) is 0.345. The molecule has 0 aromatic carbocycles. The van der Waals surface area contributed by atoms with Gasteiger partial charge in [0.15, 0.2) is 0 Å². The first-order valence-corrected chi connectivity index (χ1v) is 6.55. The van der Waals surface area contributed by atoms with E-state index in [1.807, 2.05) is 18.2 Å². The molecule has 0 aliphatic heterocycles. The van der Waals surface area contributed by atoms with Gasteiger partial charge in [-0.15, -0.1) is 0 Å². The molecule has 0 N–H and O–H groups in total. The van der Waals surface area contributed by atoms with Crippen molar-refractivity contribution in [2.75, 3.05) is 11.9 Å². The van der Waals surface area contributed by atoms with Crippen LogP contribution >= 0.6 is 28.1 Å². The Morgan fingerprint density at radius 3 is 3.00 bits per heavy atom. The maximum Gasteiger partial charge on any atom is 0.331 e. The Hall–Kier alpha value is -0.740. The molecule has 1 aliphatic carbocycles. The number of alkyl halides is 1. The van der Waals surface area contributed by atoms with E-state index in [0.29, 0.717) is 11.9 Å². The normalized spacial score (nSPS) is 16.0. The summed E-state index contributed by atoms with van der Waals surface area (Å²) in [5.41, 5.74) is 1.82. The minimum atomic E-state index is -0.324. The lowest BCUT2D eigenvalue weighted by atomic mass is 9.98. The molecule has 0 spiro atoms. The monoisotopic (exact) mass is 300 g/mol. The van der Waals surface area contributed by atoms with E-state index in [9.17, 15) is 4.79 Å². The van der Waals surface area contributed by atoms with Gasteiger partial charge < -0.3 is 4.74 Å². The second kappa shape index (κ2) is 6.76. The van der Waals surface area contributed by atoms with Gasteiger partial charge in [-0.3, -0.25) is 0 Å². The maximum atomic E-state index is 11.4. The molecule has 0 amide bonds. The van der Waals surface area contributed by atoms with Crippen LogP contribution in [0.25, 0.3) is 0 Å². The van der Waals surface area contributed by atoms with E-state index in [4.69, 9.17) is 17.0 Å². The summed E-state index contributed by atoms with van der Waals surface area (Å²) in [4.78, 5) is 12.2. The zero-order valence-corrected chi connectivity index (χ0v) is 11.4. The van der Waals surface area contributed by atoms with Crippen molar-refractivity contribution in [3.63, 3.8) is 0 Å². The zero-order valence-electron chi connectivity index (χ0n) is 9.03. The molecule has 86 valence electrons. The predicted octanol–water partition coefficient (Wildman–Crippen LogP) is 3.13. The summed E-state index contributed by atoms with van der Waals surface area (Å²) in [6, 6.07) is 0. The van der Waals surface area contributed by atoms with E-state index in [1.54, 1.807) is 6.92 Å². The predicted molar refractivity (Wildman–Crippen MR) is 72.9 cm³/mol. The number of hydrogen-bond acceptors (Lipinski definition) is 3. The van der Waals surface area contributed by atoms with Crippen molar-refractivity contribution < 1.29 is 9.53 Å². The average Bonchev–Trinajstić information content (AvgIpc) is 2.27. The van der Waals surface area contributed by atoms with Gasteiger partial charge in [0, 0.05) is 22.7 Å². The van der Waals surface area contributed by atoms with E-state index < -0.39 is 0 Å². The minimum Gasteiger partial charge on any atom is -0.463 e. The number of allylic oxidation sites excluding steroid dienone is 5. The van der Waals surface area contributed by atoms with E-state index in [1.165, 1.54) is 6.08 Å². The molecule has 1 aliphatic rings. The molecule has 0 fully saturated rings. The Kier molecular flexibility index (Phi) is 5.63. The lowest BCUT2D eigenvalue weighted by Crippen LogP contribution is -2.09. The van der Waals surface area contributed by atoms with Gasteiger partial charge in [-0.25, -0.2) is 4.79 Å². The van der Waals surface area contributed by atoms with Crippen molar-refractivity contribution >= 4 is 39.0 Å². The standard InChI is InChI=1S/C12H13BrO2S/c1-2-15-12(14)7-9(8-13)10-5-3-4-6-11(10)16/h3-5,7H,2,6,8H2,1H3. The molecule has 0 saturated carbocycles. The van der Waals surface area contributed by atoms with E-state index >= 15 is 0 Å². The molecule has 1 rings (SSSR count). The summed E-state index contributed by atoms with van der Waals surface area (Å²) < 4.78 is 4.88. The first-order valence-electron chi connectivity index (χ1n) is 5.02. The second-order valence-corrected chi connectivity index (χ2v) is 4.24. The summed E-state index contributed by atoms with van der Waals surface area (Å²) in [6.07, 6.45) is 8.14. The molecule has 0 heterocycles. The number of hydrogen-bond donors (Lipinski definition) is 0. The second-order valence-electron chi connectivity index (χ2n) is 3.19. The van der Waals surface area contributed by atoms with Crippen LogP contribution in [0.4, 0.5) is 0 Å². The number of esters is 1. The molecule has 0 bridgehead atoms. The maximum absolute atomic E-state index is 11.4. The molecule has 0 atom stereocenters. The van der Waals surface area contributed by atoms with Gasteiger partial charge in [0.2, 0.25) is 0 Å². The van der Waals surface area contributed by atoms with Crippen LogP contribution in [0.15, 0.2) is 35.5 Å². The number of ether oxygens (including phenoxy) is 1. The first kappa shape index (κ1) is 13.3. The van der Waals surface area contributed by atoms with Crippen LogP contribution in [0.1, 0.15) is 13.3 Å². The molecule has 16 heavy (non-hydrogen) atoms. The van der Waals surface area contributed by atoms with Gasteiger partial charge in [0.1, 0.15) is 0 Å². The third-order valence-corrected chi connectivity index (χ3v) is 3.06. The van der Waals surface area contributed by atoms with Crippen LogP contribution < -0.4 is 0 Å². The van der Waals surface area contributed by atoms with Crippen LogP contribution in [-0.2, 0) is 9.53 Å². The smallest absolute Gasteiger partial charge is 0.331 e. The van der Waals surface area contributed by atoms with E-state index in [0.717, 1.165) is 22.4 Å². The number of carbonyl (C=O) groups is 1. The number of carbonyl (C=O) groups excluding carboxylic acids is 1. The summed E-state index contributed by atoms with van der Waals surface area (Å²) in [5.74, 6) is -0.324. The summed E-state index contributed by atoms with van der Waals surface area (Å²) >= 11 is 8.61. The molecule has 2 nitrogen and oxygen atoms in total. The fraction of sp³-hybridized carbons (Fsp3) is 0.333. The summed E-state index contributed by atoms with van der Waals surface area (Å²) in [5, 5.41) is 0.589. The topological polar surface area (TPSA) is 26.3 Å². The van der Waals surface area contributed by atoms with Gasteiger partial charge >= 0.3 is 5.97 Å². The molecule has 0 aromatic heterocycles. The van der Waals surface area contributed by atoms with Gasteiger partial charge in [-0.05, 0) is 18.1 Å². The molecule has 4 heteroatoms. The molecule has 0 radical (unpaired) electrons. The Balaban J connectivity index is 2.89. The Morgan fingerprint density at radius 2 is 2.44 bits per heavy atom. The zero-order chi connectivity index (χ0) is 12.0. The molecule has 0 aromatic rings. The van der Waals surface area contributed by atoms with E-state index in [-0.39, 0.29) is 5.97 Å². The molecule has 0 saturated heterocycles. The highest BCUT2D eigenvalue weighted by molar-refractivity contribution is 9.09. The third-order valence-electron chi connectivity index (χ3n) is 2.07. The van der Waals surface area contributed by atoms with Crippen molar-refractivity contribution in [2.24, 2.45) is 0 Å². The fourth-order valence-corrected chi connectivity index (χ4v) is 2.10. The van der Waals surface area contributed by atoms with Gasteiger partial charge in [0.05, 0.1) is 6.61 Å². The highest BCUT2D eigenvalue weighted by Gasteiger charge is 2.12. The molecular weight excluding hydrogens is 288 g/mol. The average molecular weight is 301 g/mol. The fourth-order valence-electron chi connectivity index (χ4n) is 1.34. The van der Waals surface area contributed by atoms with Crippen molar-refractivity contribution in [3.8, 4) is 0 Å². The van der Waals surface area contributed by atoms with Gasteiger partial charge in [-0.1, -0.05) is 46.4 Å². The highest BCUT2D eigenvalue weighted by atomic mass is 79.9. The Morgan fingerprint density at radius 1 is 1.69 bits per heavy atom. The SMILES string of the molecule is CCOC(=O)C=C(CBr)C1=CC=CCC1=S. The first-order chi connectivity index (χ1) is 7.69. The highest BCUT2D eigenvalue weighted by Crippen LogP contribution is 2.20. The van der Waals surface area contributed by atoms with Gasteiger partial charge in [-0.2, -0.15) is 0 Å². The van der Waals surface area contributed by atoms with Gasteiger partial charge in [0.25, 0.3) is 0 Å². The van der Waals surface area contributed by atoms with Crippen molar-refractivity contribution in [2.45, 2.75) is 13.3 Å². The Bertz CT molecular complexity index is 380. The minimum absolute atomic E-state index is 0.324. The van der Waals surface area contributed by atoms with Crippen LogP contribution in [0.3, 0.4) is 0 Å². The van der Waals surface area contributed by atoms with Crippen molar-refractivity contribution in [3.05, 3.63) is 35.5 Å². The number of halogens is 1. The van der Waals surface area contributed by atoms with Crippen molar-refractivity contribution in [1.82, 2.24) is 0 Å². The molecule has 0 unspecified atom stereocenters. The largest absolute Gasteiger partial charge is 0.463 e. The summed E-state index contributed by atoms with van der Waals surface area (Å²) in [7, 11) is 0. The third kappa shape index (κ3) is 3.68. The lowest BCUT2D eigenvalue weighted by molar-refractivity contribution is -0.137. The van der Waals surface area contributed by atoms with Crippen molar-refractivity contribution in [1.29, 1.82) is 0 Å². The Labute approximate surface area is 109 Å². The van der Waals surface area contributed by atoms with Crippen LogP contribution in [0, 0.1) is 0 Å². The van der Waals surface area contributed by atoms with Crippen LogP contribution in [0.2, 0.25) is 0 Å². The number of thiocarbonyl (C=S) groups is 1. The number of rotatable bonds is 4. The lowest BCUT2D eigenvalue weighted by Gasteiger charge is -2.12. The van der Waals surface area contributed by atoms with E-state index in [2.05, 4.69) is 15.9 Å². The molecular formula is C12H13BrO2S. The summed E-state index contributed by atoms with van der Waals surface area (Å²) in [6.45, 7) is 2.17. The van der Waals surface area contributed by atoms with Crippen LogP contribution in [0.5, 0.6) is 0 Å².